The second kappa shape index (κ2) is 17.8. The van der Waals surface area contributed by atoms with Gasteiger partial charge in [0.2, 0.25) is 0 Å². The number of allylic oxidation sites excluding steroid dienone is 1. The number of carbonyl (C=O) groups is 1. The monoisotopic (exact) mass is 908 g/mol. The summed E-state index contributed by atoms with van der Waals surface area (Å²) in [6.45, 7) is 11.6. The van der Waals surface area contributed by atoms with Crippen molar-refractivity contribution in [2.24, 2.45) is 5.41 Å². The predicted octanol–water partition coefficient (Wildman–Crippen LogP) is 7.73. The van der Waals surface area contributed by atoms with Crippen LogP contribution in [0.2, 0.25) is 5.02 Å². The first-order chi connectivity index (χ1) is 30.7. The summed E-state index contributed by atoms with van der Waals surface area (Å²) in [6.07, 6.45) is 7.30. The summed E-state index contributed by atoms with van der Waals surface area (Å²) >= 11 is 6.25. The summed E-state index contributed by atoms with van der Waals surface area (Å²) < 4.78 is 41.5. The Morgan fingerprint density at radius 3 is 2.56 bits per heavy atom. The van der Waals surface area contributed by atoms with Crippen molar-refractivity contribution in [2.45, 2.75) is 56.5 Å². The van der Waals surface area contributed by atoms with E-state index in [1.165, 1.54) is 35.0 Å². The highest BCUT2D eigenvalue weighted by atomic mass is 35.5. The maximum atomic E-state index is 14.0. The Kier molecular flexibility index (Phi) is 12.2. The molecule has 3 fully saturated rings. The lowest BCUT2D eigenvalue weighted by Gasteiger charge is -2.39. The number of halogens is 1. The van der Waals surface area contributed by atoms with E-state index in [0.29, 0.717) is 36.3 Å². The maximum absolute atomic E-state index is 14.0. The number of nitrogens with zero attached hydrogens (tertiary/aromatic N) is 6. The van der Waals surface area contributed by atoms with Gasteiger partial charge < -0.3 is 24.3 Å². The topological polar surface area (TPSA) is 166 Å². The van der Waals surface area contributed by atoms with Gasteiger partial charge in [0, 0.05) is 93.3 Å². The Hall–Kier alpha value is -5.52. The highest BCUT2D eigenvalue weighted by Crippen LogP contribution is 2.44. The van der Waals surface area contributed by atoms with E-state index in [1.54, 1.807) is 37.5 Å². The number of likely N-dealkylation sites (N-methyl/N-ethyl adjacent to an activating group) is 1. The minimum absolute atomic E-state index is 0.000818. The fourth-order valence-corrected chi connectivity index (χ4v) is 10.5. The normalized spacial score (nSPS) is 19.8. The van der Waals surface area contributed by atoms with Crippen LogP contribution in [0, 0.1) is 15.5 Å². The minimum atomic E-state index is -4.57. The Labute approximate surface area is 378 Å². The van der Waals surface area contributed by atoms with E-state index in [1.807, 2.05) is 23.1 Å². The number of H-pyrrole nitrogens is 1. The van der Waals surface area contributed by atoms with Crippen molar-refractivity contribution in [2.75, 3.05) is 75.9 Å². The Bertz CT molecular complexity index is 2710. The van der Waals surface area contributed by atoms with Gasteiger partial charge >= 0.3 is 0 Å². The molecule has 4 aliphatic rings. The molecule has 336 valence electrons. The van der Waals surface area contributed by atoms with Crippen LogP contribution in [0.5, 0.6) is 11.5 Å². The van der Waals surface area contributed by atoms with Crippen LogP contribution in [0.3, 0.4) is 0 Å². The number of nitro groups is 1. The largest absolute Gasteiger partial charge is 0.455 e. The fourth-order valence-electron chi connectivity index (χ4n) is 9.38. The molecule has 64 heavy (non-hydrogen) atoms. The number of benzene rings is 3. The molecule has 5 heterocycles. The SMILES string of the molecule is CN(c1ccc(S(=O)(=O)NC(=O)c2ccc(N3CCN(CC4=C(c5ccc(Cl)cc5)CC(C)(C)CC4)CC3)cc2Oc2cnc3[nH]ccc3c2)cc1[N+](=O)[O-])C1CCN(C2COC2)C1. The molecule has 3 saturated heterocycles. The summed E-state index contributed by atoms with van der Waals surface area (Å²) in [5.41, 5.74) is 5.71. The van der Waals surface area contributed by atoms with Crippen LogP contribution < -0.4 is 19.3 Å². The molecule has 15 nitrogen and oxygen atoms in total. The van der Waals surface area contributed by atoms with Gasteiger partial charge in [-0.25, -0.2) is 18.1 Å². The van der Waals surface area contributed by atoms with Gasteiger partial charge in [-0.3, -0.25) is 24.7 Å². The first-order valence-electron chi connectivity index (χ1n) is 21.8. The number of rotatable bonds is 13. The number of fused-ring (bicyclic) bond motifs is 1. The van der Waals surface area contributed by atoms with Gasteiger partial charge in [0.15, 0.2) is 0 Å². The number of nitro benzene ring substituents is 1. The number of ether oxygens (including phenoxy) is 2. The van der Waals surface area contributed by atoms with E-state index in [-0.39, 0.29) is 28.5 Å². The average molecular weight is 910 g/mol. The molecule has 2 N–H and O–H groups in total. The van der Waals surface area contributed by atoms with Crippen molar-refractivity contribution < 1.29 is 27.6 Å². The molecule has 1 aliphatic carbocycles. The number of piperazine rings is 1. The molecule has 1 atom stereocenters. The molecule has 3 aliphatic heterocycles. The van der Waals surface area contributed by atoms with E-state index in [4.69, 9.17) is 21.1 Å². The molecule has 2 aromatic heterocycles. The number of likely N-dealkylation sites (tertiary alicyclic amines) is 1. The summed E-state index contributed by atoms with van der Waals surface area (Å²) in [6, 6.07) is 21.0. The number of pyridine rings is 1. The molecular weight excluding hydrogens is 856 g/mol. The average Bonchev–Trinajstić information content (AvgIpc) is 3.94. The summed E-state index contributed by atoms with van der Waals surface area (Å²) in [4.78, 5) is 41.8. The van der Waals surface area contributed by atoms with Crippen LogP contribution in [-0.2, 0) is 14.8 Å². The molecule has 0 spiro atoms. The van der Waals surface area contributed by atoms with Crippen molar-refractivity contribution in [3.8, 4) is 11.5 Å². The Balaban J connectivity index is 0.931. The summed E-state index contributed by atoms with van der Waals surface area (Å²) in [5.74, 6) is -0.459. The van der Waals surface area contributed by atoms with E-state index in [2.05, 4.69) is 55.4 Å². The molecule has 5 aromatic rings. The van der Waals surface area contributed by atoms with Crippen LogP contribution in [0.1, 0.15) is 55.5 Å². The molecule has 1 unspecified atom stereocenters. The van der Waals surface area contributed by atoms with E-state index in [9.17, 15) is 23.3 Å². The van der Waals surface area contributed by atoms with Crippen LogP contribution >= 0.6 is 11.6 Å². The molecule has 0 saturated carbocycles. The second-order valence-electron chi connectivity index (χ2n) is 18.1. The molecule has 17 heteroatoms. The maximum Gasteiger partial charge on any atom is 0.293 e. The Morgan fingerprint density at radius 1 is 1.05 bits per heavy atom. The fraction of sp³-hybridized carbons (Fsp3) is 0.404. The summed E-state index contributed by atoms with van der Waals surface area (Å²) in [5, 5.41) is 13.9. The van der Waals surface area contributed by atoms with Gasteiger partial charge in [0.25, 0.3) is 21.6 Å². The van der Waals surface area contributed by atoms with Crippen LogP contribution in [0.15, 0.2) is 95.7 Å². The van der Waals surface area contributed by atoms with Gasteiger partial charge in [-0.1, -0.05) is 43.2 Å². The highest BCUT2D eigenvalue weighted by molar-refractivity contribution is 7.90. The van der Waals surface area contributed by atoms with E-state index in [0.717, 1.165) is 93.7 Å². The van der Waals surface area contributed by atoms with Crippen LogP contribution in [-0.4, -0.2) is 117 Å². The number of aromatic nitrogens is 2. The van der Waals surface area contributed by atoms with Crippen molar-refractivity contribution in [1.29, 1.82) is 0 Å². The van der Waals surface area contributed by atoms with Crippen LogP contribution in [0.4, 0.5) is 17.1 Å². The third kappa shape index (κ3) is 9.33. The van der Waals surface area contributed by atoms with Gasteiger partial charge in [-0.15, -0.1) is 0 Å². The highest BCUT2D eigenvalue weighted by Gasteiger charge is 2.36. The molecule has 0 bridgehead atoms. The van der Waals surface area contributed by atoms with Crippen molar-refractivity contribution in [1.82, 2.24) is 24.5 Å². The second-order valence-corrected chi connectivity index (χ2v) is 20.3. The number of hydrogen-bond acceptors (Lipinski definition) is 12. The third-order valence-corrected chi connectivity index (χ3v) is 14.9. The number of hydrogen-bond donors (Lipinski definition) is 2. The number of carbonyl (C=O) groups excluding carboxylic acids is 1. The molecule has 9 rings (SSSR count). The van der Waals surface area contributed by atoms with Gasteiger partial charge in [-0.2, -0.15) is 0 Å². The molecule has 0 radical (unpaired) electrons. The van der Waals surface area contributed by atoms with Crippen molar-refractivity contribution >= 4 is 61.2 Å². The van der Waals surface area contributed by atoms with Crippen molar-refractivity contribution in [3.63, 3.8) is 0 Å². The standard InChI is InChI=1S/C47H53ClN8O7S/c1-47(2)15-12-33(41(25-47)31-4-6-34(48)7-5-31)27-53-18-20-54(21-19-53)35-8-10-40(44(23-35)63-38-22-32-13-16-49-45(32)50-26-38)46(57)51-64(60,61)39-9-11-42(43(24-39)56(58)59)52(3)36-14-17-55(28-36)37-29-62-30-37/h4-11,13,16,22-24,26,36-37H,12,14-15,17-21,25,27-30H2,1-3H3,(H,49,50)(H,51,57). The zero-order valence-corrected chi connectivity index (χ0v) is 37.8. The quantitative estimate of drug-likeness (QED) is 0.0874. The van der Waals surface area contributed by atoms with E-state index < -0.39 is 25.7 Å². The number of nitrogens with one attached hydrogen (secondary N) is 2. The zero-order valence-electron chi connectivity index (χ0n) is 36.3. The molecule has 1 amide bonds. The lowest BCUT2D eigenvalue weighted by atomic mass is 9.72. The van der Waals surface area contributed by atoms with Gasteiger partial charge in [0.1, 0.15) is 22.8 Å². The first-order valence-corrected chi connectivity index (χ1v) is 23.7. The van der Waals surface area contributed by atoms with Crippen molar-refractivity contribution in [3.05, 3.63) is 117 Å². The number of anilines is 2. The number of sulfonamides is 1. The molecular formula is C47H53ClN8O7S. The number of amides is 1. The smallest absolute Gasteiger partial charge is 0.293 e. The number of aromatic amines is 1. The molecule has 3 aromatic carbocycles. The lowest BCUT2D eigenvalue weighted by Crippen LogP contribution is -2.49. The lowest BCUT2D eigenvalue weighted by molar-refractivity contribution is -0.384. The Morgan fingerprint density at radius 2 is 1.83 bits per heavy atom. The predicted molar refractivity (Wildman–Crippen MR) is 248 cm³/mol. The van der Waals surface area contributed by atoms with Gasteiger partial charge in [-0.05, 0) is 90.8 Å². The summed E-state index contributed by atoms with van der Waals surface area (Å²) in [7, 11) is -2.79. The third-order valence-electron chi connectivity index (χ3n) is 13.3. The zero-order chi connectivity index (χ0) is 44.8. The van der Waals surface area contributed by atoms with Gasteiger partial charge in [0.05, 0.1) is 40.8 Å². The first kappa shape index (κ1) is 43.7. The minimum Gasteiger partial charge on any atom is -0.455 e. The van der Waals surface area contributed by atoms with Crippen LogP contribution in [0.25, 0.3) is 16.6 Å². The van der Waals surface area contributed by atoms with E-state index >= 15 is 0 Å².